The van der Waals surface area contributed by atoms with Gasteiger partial charge in [-0.05, 0) is 30.3 Å². The predicted octanol–water partition coefficient (Wildman–Crippen LogP) is 1.88. The average molecular weight is 430 g/mol. The third-order valence-corrected chi connectivity index (χ3v) is 4.56. The number of fused-ring (bicyclic) bond motifs is 1. The van der Waals surface area contributed by atoms with Crippen molar-refractivity contribution in [1.29, 1.82) is 0 Å². The molecule has 0 spiro atoms. The molecule has 27 heavy (non-hydrogen) atoms. The topological polar surface area (TPSA) is 102 Å². The van der Waals surface area contributed by atoms with Crippen LogP contribution in [0.5, 0.6) is 5.75 Å². The Kier molecular flexibility index (Phi) is 4.87. The second kappa shape index (κ2) is 7.45. The van der Waals surface area contributed by atoms with Crippen molar-refractivity contribution < 1.29 is 14.6 Å². The van der Waals surface area contributed by atoms with E-state index >= 15 is 0 Å². The summed E-state index contributed by atoms with van der Waals surface area (Å²) >= 11 is 3.45. The standard InChI is InChI=1S/C18H16BrN5O3/c19-11-1-2-16(27-8-7-25)12(9-11)17-20-4-3-13(22-17)14-10-15-18(26)21-5-6-24(15)23-14/h1-4,9-10,25H,5-8H2,(H,21,26). The molecule has 1 aliphatic heterocycles. The van der Waals surface area contributed by atoms with Crippen molar-refractivity contribution in [3.8, 4) is 28.5 Å². The highest BCUT2D eigenvalue weighted by Crippen LogP contribution is 2.31. The van der Waals surface area contributed by atoms with Crippen LogP contribution in [0.2, 0.25) is 0 Å². The van der Waals surface area contributed by atoms with Gasteiger partial charge in [0.25, 0.3) is 5.91 Å². The Morgan fingerprint density at radius 1 is 1.26 bits per heavy atom. The van der Waals surface area contributed by atoms with Crippen LogP contribution in [0.3, 0.4) is 0 Å². The third kappa shape index (κ3) is 3.56. The lowest BCUT2D eigenvalue weighted by molar-refractivity contribution is 0.0924. The average Bonchev–Trinajstić information content (AvgIpc) is 3.13. The molecule has 138 valence electrons. The second-order valence-corrected chi connectivity index (χ2v) is 6.79. The molecule has 0 radical (unpaired) electrons. The van der Waals surface area contributed by atoms with Gasteiger partial charge in [-0.3, -0.25) is 9.48 Å². The van der Waals surface area contributed by atoms with Crippen molar-refractivity contribution in [1.82, 2.24) is 25.1 Å². The lowest BCUT2D eigenvalue weighted by Crippen LogP contribution is -2.35. The molecular formula is C18H16BrN5O3. The number of hydrogen-bond donors (Lipinski definition) is 2. The summed E-state index contributed by atoms with van der Waals surface area (Å²) in [6.45, 7) is 1.28. The number of halogens is 1. The Morgan fingerprint density at radius 2 is 2.15 bits per heavy atom. The van der Waals surface area contributed by atoms with E-state index in [1.807, 2.05) is 12.1 Å². The van der Waals surface area contributed by atoms with Crippen LogP contribution in [0, 0.1) is 0 Å². The Morgan fingerprint density at radius 3 is 2.96 bits per heavy atom. The number of hydrogen-bond acceptors (Lipinski definition) is 6. The van der Waals surface area contributed by atoms with Crippen LogP contribution >= 0.6 is 15.9 Å². The molecule has 0 fully saturated rings. The van der Waals surface area contributed by atoms with Gasteiger partial charge in [0.1, 0.15) is 23.7 Å². The zero-order chi connectivity index (χ0) is 18.8. The number of nitrogens with one attached hydrogen (secondary N) is 1. The molecule has 2 aromatic heterocycles. The van der Waals surface area contributed by atoms with Crippen LogP contribution in [-0.4, -0.2) is 50.5 Å². The van der Waals surface area contributed by atoms with Gasteiger partial charge in [0.05, 0.1) is 24.4 Å². The molecule has 2 N–H and O–H groups in total. The van der Waals surface area contributed by atoms with Gasteiger partial charge in [-0.1, -0.05) is 15.9 Å². The molecule has 3 aromatic rings. The van der Waals surface area contributed by atoms with Gasteiger partial charge in [0, 0.05) is 17.2 Å². The molecule has 8 nitrogen and oxygen atoms in total. The summed E-state index contributed by atoms with van der Waals surface area (Å²) in [5, 5.41) is 16.3. The van der Waals surface area contributed by atoms with Crippen LogP contribution in [0.25, 0.3) is 22.8 Å². The maximum absolute atomic E-state index is 12.0. The first-order valence-corrected chi connectivity index (χ1v) is 9.18. The number of nitrogens with zero attached hydrogens (tertiary/aromatic N) is 4. The predicted molar refractivity (Wildman–Crippen MR) is 101 cm³/mol. The number of carbonyl (C=O) groups is 1. The molecule has 3 heterocycles. The second-order valence-electron chi connectivity index (χ2n) is 5.87. The fourth-order valence-electron chi connectivity index (χ4n) is 2.85. The molecule has 9 heteroatoms. The van der Waals surface area contributed by atoms with E-state index in [1.165, 1.54) is 0 Å². The summed E-state index contributed by atoms with van der Waals surface area (Å²) in [5.41, 5.74) is 2.44. The molecule has 0 saturated heterocycles. The van der Waals surface area contributed by atoms with Crippen molar-refractivity contribution in [2.75, 3.05) is 19.8 Å². The molecule has 1 aromatic carbocycles. The molecule has 1 aliphatic rings. The Balaban J connectivity index is 1.74. The summed E-state index contributed by atoms with van der Waals surface area (Å²) in [7, 11) is 0. The highest BCUT2D eigenvalue weighted by Gasteiger charge is 2.21. The van der Waals surface area contributed by atoms with E-state index in [0.717, 1.165) is 4.47 Å². The van der Waals surface area contributed by atoms with E-state index in [1.54, 1.807) is 29.1 Å². The van der Waals surface area contributed by atoms with Gasteiger partial charge in [-0.25, -0.2) is 9.97 Å². The van der Waals surface area contributed by atoms with Crippen molar-refractivity contribution in [2.45, 2.75) is 6.54 Å². The van der Waals surface area contributed by atoms with E-state index in [9.17, 15) is 4.79 Å². The van der Waals surface area contributed by atoms with Gasteiger partial charge in [0.15, 0.2) is 5.82 Å². The molecule has 0 atom stereocenters. The SMILES string of the molecule is O=C1NCCn2nc(-c3ccnc(-c4cc(Br)ccc4OCCO)n3)cc21. The summed E-state index contributed by atoms with van der Waals surface area (Å²) in [4.78, 5) is 20.9. The van der Waals surface area contributed by atoms with Crippen LogP contribution in [-0.2, 0) is 6.54 Å². The molecule has 4 rings (SSSR count). The number of rotatable bonds is 5. The van der Waals surface area contributed by atoms with Gasteiger partial charge in [0.2, 0.25) is 0 Å². The number of amides is 1. The fraction of sp³-hybridized carbons (Fsp3) is 0.222. The van der Waals surface area contributed by atoms with Gasteiger partial charge in [-0.2, -0.15) is 5.10 Å². The molecule has 1 amide bonds. The van der Waals surface area contributed by atoms with E-state index < -0.39 is 0 Å². The number of carbonyl (C=O) groups excluding carboxylic acids is 1. The summed E-state index contributed by atoms with van der Waals surface area (Å²) in [5.74, 6) is 0.908. The number of benzene rings is 1. The minimum Gasteiger partial charge on any atom is -0.490 e. The van der Waals surface area contributed by atoms with Gasteiger partial charge in [-0.15, -0.1) is 0 Å². The quantitative estimate of drug-likeness (QED) is 0.641. The molecule has 0 saturated carbocycles. The summed E-state index contributed by atoms with van der Waals surface area (Å²) < 4.78 is 8.14. The van der Waals surface area contributed by atoms with Crippen LogP contribution in [0.15, 0.2) is 41.0 Å². The number of aliphatic hydroxyl groups excluding tert-OH is 1. The highest BCUT2D eigenvalue weighted by molar-refractivity contribution is 9.10. The van der Waals surface area contributed by atoms with Crippen molar-refractivity contribution in [3.05, 3.63) is 46.7 Å². The zero-order valence-electron chi connectivity index (χ0n) is 14.2. The van der Waals surface area contributed by atoms with E-state index in [0.29, 0.717) is 47.3 Å². The molecule has 0 aliphatic carbocycles. The zero-order valence-corrected chi connectivity index (χ0v) is 15.8. The third-order valence-electron chi connectivity index (χ3n) is 4.07. The largest absolute Gasteiger partial charge is 0.490 e. The molecule has 0 bridgehead atoms. The maximum atomic E-state index is 12.0. The Bertz CT molecular complexity index is 1000. The number of aliphatic hydroxyl groups is 1. The Hall–Kier alpha value is -2.78. The summed E-state index contributed by atoms with van der Waals surface area (Å²) in [6.07, 6.45) is 1.65. The monoisotopic (exact) mass is 429 g/mol. The van der Waals surface area contributed by atoms with E-state index in [-0.39, 0.29) is 19.1 Å². The normalized spacial score (nSPS) is 13.2. The number of ether oxygens (including phenoxy) is 1. The van der Waals surface area contributed by atoms with Crippen LogP contribution in [0.1, 0.15) is 10.5 Å². The lowest BCUT2D eigenvalue weighted by atomic mass is 10.1. The van der Waals surface area contributed by atoms with E-state index in [4.69, 9.17) is 9.84 Å². The van der Waals surface area contributed by atoms with E-state index in [2.05, 4.69) is 36.3 Å². The first-order valence-electron chi connectivity index (χ1n) is 8.39. The van der Waals surface area contributed by atoms with Crippen molar-refractivity contribution in [3.63, 3.8) is 0 Å². The first-order chi connectivity index (χ1) is 13.2. The van der Waals surface area contributed by atoms with Crippen LogP contribution < -0.4 is 10.1 Å². The number of aromatic nitrogens is 4. The van der Waals surface area contributed by atoms with Crippen LogP contribution in [0.4, 0.5) is 0 Å². The summed E-state index contributed by atoms with van der Waals surface area (Å²) in [6, 6.07) is 8.98. The van der Waals surface area contributed by atoms with Gasteiger partial charge < -0.3 is 15.2 Å². The first kappa shape index (κ1) is 17.6. The highest BCUT2D eigenvalue weighted by atomic mass is 79.9. The fourth-order valence-corrected chi connectivity index (χ4v) is 3.21. The Labute approximate surface area is 163 Å². The minimum absolute atomic E-state index is 0.0846. The smallest absolute Gasteiger partial charge is 0.269 e. The minimum atomic E-state index is -0.138. The van der Waals surface area contributed by atoms with Crippen molar-refractivity contribution >= 4 is 21.8 Å². The van der Waals surface area contributed by atoms with Crippen molar-refractivity contribution in [2.24, 2.45) is 0 Å². The maximum Gasteiger partial charge on any atom is 0.269 e. The molecule has 0 unspecified atom stereocenters. The molecular weight excluding hydrogens is 414 g/mol. The lowest BCUT2D eigenvalue weighted by Gasteiger charge is -2.13. The van der Waals surface area contributed by atoms with Gasteiger partial charge >= 0.3 is 0 Å².